The average molecular weight is 639 g/mol. The predicted octanol–water partition coefficient (Wildman–Crippen LogP) is 6.34. The number of thiazole rings is 1. The van der Waals surface area contributed by atoms with Gasteiger partial charge in [-0.25, -0.2) is 13.4 Å². The third-order valence-electron chi connectivity index (χ3n) is 5.22. The molecule has 0 radical (unpaired) electrons. The second-order valence-corrected chi connectivity index (χ2v) is 13.6. The molecule has 0 unspecified atom stereocenters. The van der Waals surface area contributed by atoms with Gasteiger partial charge < -0.3 is 10.0 Å². The Labute approximate surface area is 224 Å². The van der Waals surface area contributed by atoms with Crippen molar-refractivity contribution in [3.63, 3.8) is 0 Å². The zero-order chi connectivity index (χ0) is 27.2. The monoisotopic (exact) mass is 638 g/mol. The SMILES string of the molecule is CS(=O)(=O)c1ccc(-c2csc(N(CCCC(=O)O)Cc3ccc(CP(=O)(OF)OF)c(Br)c3)n2)cc1. The summed E-state index contributed by atoms with van der Waals surface area (Å²) >= 11 is 4.65. The molecule has 9 nitrogen and oxygen atoms in total. The first-order valence-corrected chi connectivity index (χ1v) is 15.9. The van der Waals surface area contributed by atoms with E-state index >= 15 is 0 Å². The summed E-state index contributed by atoms with van der Waals surface area (Å²) in [6, 6.07) is 11.2. The standard InChI is InChI=1S/C22H22BrF2N2O7PS2/c1-37(31,32)18-8-6-16(7-9-18)20-14-36-22(26-20)27(10-2-3-21(28)29)12-15-4-5-17(19(23)11-15)13-35(30,33-24)34-25/h4-9,11,14H,2-3,10,12-13H2,1H3,(H,28,29). The summed E-state index contributed by atoms with van der Waals surface area (Å²) in [5.41, 5.74) is 2.42. The highest BCUT2D eigenvalue weighted by molar-refractivity contribution is 9.10. The fourth-order valence-electron chi connectivity index (χ4n) is 3.38. The van der Waals surface area contributed by atoms with Gasteiger partial charge in [0.05, 0.1) is 16.8 Å². The van der Waals surface area contributed by atoms with Gasteiger partial charge in [-0.3, -0.25) is 9.36 Å². The van der Waals surface area contributed by atoms with E-state index in [2.05, 4.69) is 30.4 Å². The fraction of sp³-hybridized carbons (Fsp3) is 0.273. The molecule has 0 aliphatic carbocycles. The molecule has 1 N–H and O–H groups in total. The van der Waals surface area contributed by atoms with Gasteiger partial charge in [0.25, 0.3) is 0 Å². The van der Waals surface area contributed by atoms with E-state index in [1.54, 1.807) is 24.3 Å². The van der Waals surface area contributed by atoms with Crippen molar-refractivity contribution in [2.75, 3.05) is 17.7 Å². The third-order valence-corrected chi connectivity index (χ3v) is 9.14. The van der Waals surface area contributed by atoms with Crippen LogP contribution in [0.2, 0.25) is 0 Å². The summed E-state index contributed by atoms with van der Waals surface area (Å²) in [4.78, 5) is 17.8. The second kappa shape index (κ2) is 12.5. The van der Waals surface area contributed by atoms with E-state index < -0.39 is 29.6 Å². The number of rotatable bonds is 13. The van der Waals surface area contributed by atoms with E-state index in [1.165, 1.54) is 29.5 Å². The Morgan fingerprint density at radius 2 is 1.86 bits per heavy atom. The summed E-state index contributed by atoms with van der Waals surface area (Å²) in [5, 5.41) is 11.5. The van der Waals surface area contributed by atoms with Gasteiger partial charge >= 0.3 is 13.6 Å². The van der Waals surface area contributed by atoms with Crippen LogP contribution in [0.5, 0.6) is 0 Å². The maximum absolute atomic E-state index is 12.4. The van der Waals surface area contributed by atoms with Crippen molar-refractivity contribution in [2.24, 2.45) is 0 Å². The van der Waals surface area contributed by atoms with Gasteiger partial charge in [-0.2, -0.15) is 0 Å². The smallest absolute Gasteiger partial charge is 0.399 e. The third kappa shape index (κ3) is 8.13. The molecule has 0 aliphatic rings. The summed E-state index contributed by atoms with van der Waals surface area (Å²) in [7, 11) is -7.88. The van der Waals surface area contributed by atoms with E-state index in [4.69, 9.17) is 5.11 Å². The van der Waals surface area contributed by atoms with Crippen LogP contribution in [0.15, 0.2) is 57.2 Å². The topological polar surface area (TPSA) is 123 Å². The van der Waals surface area contributed by atoms with Crippen molar-refractivity contribution in [2.45, 2.75) is 30.4 Å². The maximum Gasteiger partial charge on any atom is 0.399 e. The average Bonchev–Trinajstić information content (AvgIpc) is 3.34. The number of aromatic nitrogens is 1. The van der Waals surface area contributed by atoms with Gasteiger partial charge in [0, 0.05) is 41.2 Å². The van der Waals surface area contributed by atoms with E-state index in [0.717, 1.165) is 17.4 Å². The summed E-state index contributed by atoms with van der Waals surface area (Å²) in [5.74, 6) is -0.924. The first-order valence-electron chi connectivity index (χ1n) is 10.6. The van der Waals surface area contributed by atoms with Crippen LogP contribution in [0.25, 0.3) is 11.3 Å². The van der Waals surface area contributed by atoms with Gasteiger partial charge in [0.15, 0.2) is 15.0 Å². The molecule has 15 heteroatoms. The Balaban J connectivity index is 1.83. The van der Waals surface area contributed by atoms with Crippen molar-refractivity contribution in [1.29, 1.82) is 0 Å². The number of anilines is 1. The number of aliphatic carboxylic acids is 1. The number of nitrogens with zero attached hydrogens (tertiary/aromatic N) is 2. The van der Waals surface area contributed by atoms with Crippen LogP contribution in [-0.2, 0) is 41.4 Å². The minimum atomic E-state index is -4.55. The van der Waals surface area contributed by atoms with E-state index in [-0.39, 0.29) is 11.3 Å². The van der Waals surface area contributed by atoms with Crippen molar-refractivity contribution < 1.29 is 41.4 Å². The zero-order valence-corrected chi connectivity index (χ0v) is 23.5. The molecule has 3 rings (SSSR count). The van der Waals surface area contributed by atoms with Gasteiger partial charge in [-0.05, 0) is 44.8 Å². The highest BCUT2D eigenvalue weighted by Crippen LogP contribution is 2.53. The lowest BCUT2D eigenvalue weighted by Crippen LogP contribution is -2.24. The summed E-state index contributed by atoms with van der Waals surface area (Å²) in [6.07, 6.45) is 0.825. The summed E-state index contributed by atoms with van der Waals surface area (Å²) in [6.45, 7) is 0.710. The van der Waals surface area contributed by atoms with E-state index in [9.17, 15) is 26.8 Å². The molecule has 1 heterocycles. The van der Waals surface area contributed by atoms with Crippen LogP contribution in [0.1, 0.15) is 24.0 Å². The quantitative estimate of drug-likeness (QED) is 0.213. The molecule has 200 valence electrons. The Hall–Kier alpha value is -2.22. The lowest BCUT2D eigenvalue weighted by molar-refractivity contribution is -0.137. The van der Waals surface area contributed by atoms with Crippen LogP contribution >= 0.6 is 34.9 Å². The van der Waals surface area contributed by atoms with Crippen LogP contribution in [0.4, 0.5) is 14.2 Å². The zero-order valence-electron chi connectivity index (χ0n) is 19.3. The number of hydrogen-bond donors (Lipinski definition) is 1. The van der Waals surface area contributed by atoms with Crippen molar-refractivity contribution in [3.05, 3.63) is 63.4 Å². The molecule has 37 heavy (non-hydrogen) atoms. The molecular formula is C22H22BrF2N2O7PS2. The molecule has 0 aliphatic heterocycles. The maximum atomic E-state index is 12.4. The molecule has 0 amide bonds. The largest absolute Gasteiger partial charge is 0.481 e. The van der Waals surface area contributed by atoms with Crippen LogP contribution in [0, 0.1) is 0 Å². The minimum Gasteiger partial charge on any atom is -0.481 e. The Morgan fingerprint density at radius 3 is 2.43 bits per heavy atom. The number of carboxylic acids is 1. The van der Waals surface area contributed by atoms with Crippen LogP contribution in [0.3, 0.4) is 0 Å². The van der Waals surface area contributed by atoms with Gasteiger partial charge in [0.1, 0.15) is 0 Å². The Kier molecular flexibility index (Phi) is 9.95. The van der Waals surface area contributed by atoms with E-state index in [0.29, 0.717) is 40.4 Å². The number of hydrogen-bond acceptors (Lipinski definition) is 9. The first-order chi connectivity index (χ1) is 17.4. The van der Waals surface area contributed by atoms with Gasteiger partial charge in [-0.1, -0.05) is 40.2 Å². The van der Waals surface area contributed by atoms with E-state index in [1.807, 2.05) is 10.3 Å². The first kappa shape index (κ1) is 29.3. The minimum absolute atomic E-state index is 0.0356. The molecule has 2 aromatic carbocycles. The van der Waals surface area contributed by atoms with Crippen LogP contribution < -0.4 is 4.90 Å². The lowest BCUT2D eigenvalue weighted by Gasteiger charge is -2.22. The second-order valence-electron chi connectivity index (χ2n) is 8.06. The lowest BCUT2D eigenvalue weighted by atomic mass is 10.1. The van der Waals surface area contributed by atoms with Crippen molar-refractivity contribution in [3.8, 4) is 11.3 Å². The molecular weight excluding hydrogens is 617 g/mol. The predicted molar refractivity (Wildman–Crippen MR) is 138 cm³/mol. The fourth-order valence-corrected chi connectivity index (χ4v) is 6.47. The molecule has 0 atom stereocenters. The molecule has 1 aromatic heterocycles. The molecule has 0 saturated heterocycles. The molecule has 0 spiro atoms. The normalized spacial score (nSPS) is 12.0. The number of carbonyl (C=O) groups is 1. The number of benzene rings is 2. The van der Waals surface area contributed by atoms with Gasteiger partial charge in [0.2, 0.25) is 0 Å². The van der Waals surface area contributed by atoms with Crippen molar-refractivity contribution >= 4 is 55.8 Å². The summed E-state index contributed by atoms with van der Waals surface area (Å²) < 4.78 is 66.9. The molecule has 0 bridgehead atoms. The Morgan fingerprint density at radius 1 is 1.19 bits per heavy atom. The van der Waals surface area contributed by atoms with Crippen LogP contribution in [-0.4, -0.2) is 37.3 Å². The molecule has 3 aromatic rings. The van der Waals surface area contributed by atoms with Gasteiger partial charge in [-0.15, -0.1) is 20.8 Å². The van der Waals surface area contributed by atoms with Crippen molar-refractivity contribution in [1.82, 2.24) is 4.98 Å². The number of sulfone groups is 1. The Bertz CT molecular complexity index is 1400. The highest BCUT2D eigenvalue weighted by atomic mass is 79.9. The molecule has 0 saturated carbocycles. The number of halogens is 3. The number of carboxylic acid groups (broad SMARTS) is 1. The molecule has 0 fully saturated rings. The highest BCUT2D eigenvalue weighted by Gasteiger charge is 2.29.